The van der Waals surface area contributed by atoms with Gasteiger partial charge in [-0.1, -0.05) is 41.9 Å². The van der Waals surface area contributed by atoms with Crippen molar-refractivity contribution in [1.29, 1.82) is 0 Å². The Hall–Kier alpha value is -3.45. The van der Waals surface area contributed by atoms with E-state index in [0.29, 0.717) is 23.5 Å². The molecule has 35 heavy (non-hydrogen) atoms. The lowest BCUT2D eigenvalue weighted by Gasteiger charge is -2.43. The van der Waals surface area contributed by atoms with E-state index in [-0.39, 0.29) is 11.9 Å². The highest BCUT2D eigenvalue weighted by Gasteiger charge is 2.43. The van der Waals surface area contributed by atoms with Gasteiger partial charge in [-0.2, -0.15) is 0 Å². The zero-order chi connectivity index (χ0) is 24.6. The zero-order valence-electron chi connectivity index (χ0n) is 20.5. The van der Waals surface area contributed by atoms with Crippen LogP contribution in [0.1, 0.15) is 54.6 Å². The van der Waals surface area contributed by atoms with E-state index in [1.807, 2.05) is 43.3 Å². The van der Waals surface area contributed by atoms with E-state index in [9.17, 15) is 9.59 Å². The minimum atomic E-state index is -0.408. The number of benzene rings is 2. The molecular weight excluding hydrogens is 442 g/mol. The summed E-state index contributed by atoms with van der Waals surface area (Å²) >= 11 is 0. The topological polar surface area (TPSA) is 71.4 Å². The smallest absolute Gasteiger partial charge is 0.337 e. The first kappa shape index (κ1) is 24.7. The Morgan fingerprint density at radius 3 is 2.46 bits per heavy atom. The summed E-state index contributed by atoms with van der Waals surface area (Å²) in [7, 11) is 1.35. The Bertz CT molecular complexity index is 1070. The van der Waals surface area contributed by atoms with E-state index in [4.69, 9.17) is 9.57 Å². The van der Waals surface area contributed by atoms with Crippen LogP contribution in [0, 0.1) is 0 Å². The number of carbonyl (C=O) groups excluding carboxylic acids is 2. The van der Waals surface area contributed by atoms with E-state index in [2.05, 4.69) is 10.1 Å². The number of β-lactam (4-membered cyclic amide) rings is 1. The number of esters is 1. The molecule has 2 aliphatic heterocycles. The Balaban J connectivity index is 1.43. The summed E-state index contributed by atoms with van der Waals surface area (Å²) in [5, 5.41) is 4.23. The minimum absolute atomic E-state index is 0.0932. The molecule has 2 aliphatic rings. The van der Waals surface area contributed by atoms with E-state index < -0.39 is 5.97 Å². The van der Waals surface area contributed by atoms with Crippen LogP contribution in [0.2, 0.25) is 0 Å². The molecule has 2 saturated heterocycles. The van der Waals surface area contributed by atoms with Gasteiger partial charge in [0, 0.05) is 17.8 Å². The molecule has 0 spiro atoms. The Kier molecular flexibility index (Phi) is 8.32. The number of rotatable bonds is 9. The average Bonchev–Trinajstić information content (AvgIpc) is 2.90. The maximum absolute atomic E-state index is 13.2. The summed E-state index contributed by atoms with van der Waals surface area (Å²) in [6, 6.07) is 16.5. The highest BCUT2D eigenvalue weighted by Crippen LogP contribution is 2.43. The van der Waals surface area contributed by atoms with E-state index in [1.54, 1.807) is 29.2 Å². The molecule has 2 aromatic carbocycles. The van der Waals surface area contributed by atoms with Gasteiger partial charge in [0.15, 0.2) is 0 Å². The van der Waals surface area contributed by atoms with Crippen LogP contribution >= 0.6 is 0 Å². The van der Waals surface area contributed by atoms with Gasteiger partial charge in [-0.3, -0.25) is 9.69 Å². The number of oxime groups is 1. The van der Waals surface area contributed by atoms with Crippen LogP contribution < -0.4 is 4.90 Å². The third-order valence-corrected chi connectivity index (χ3v) is 6.43. The molecule has 2 heterocycles. The fraction of sp³-hybridized carbons (Fsp3) is 0.393. The van der Waals surface area contributed by atoms with Crippen LogP contribution in [0.15, 0.2) is 71.4 Å². The van der Waals surface area contributed by atoms with Gasteiger partial charge in [-0.05, 0) is 75.2 Å². The summed E-state index contributed by atoms with van der Waals surface area (Å²) in [6.45, 7) is 5.80. The second-order valence-electron chi connectivity index (χ2n) is 8.95. The molecule has 1 amide bonds. The predicted molar refractivity (Wildman–Crippen MR) is 137 cm³/mol. The van der Waals surface area contributed by atoms with Gasteiger partial charge >= 0.3 is 5.97 Å². The number of anilines is 1. The minimum Gasteiger partial charge on any atom is -0.465 e. The van der Waals surface area contributed by atoms with Crippen LogP contribution in [-0.4, -0.2) is 55.8 Å². The van der Waals surface area contributed by atoms with Crippen molar-refractivity contribution >= 4 is 23.3 Å². The lowest BCUT2D eigenvalue weighted by atomic mass is 9.86. The molecule has 2 fully saturated rings. The van der Waals surface area contributed by atoms with Crippen molar-refractivity contribution in [2.45, 2.75) is 38.6 Å². The Labute approximate surface area is 207 Å². The third-order valence-electron chi connectivity index (χ3n) is 6.43. The number of allylic oxidation sites excluding steroid dienone is 1. The highest BCUT2D eigenvalue weighted by atomic mass is 16.6. The summed E-state index contributed by atoms with van der Waals surface area (Å²) in [5.41, 5.74) is 3.49. The van der Waals surface area contributed by atoms with Crippen molar-refractivity contribution in [3.8, 4) is 0 Å². The lowest BCUT2D eigenvalue weighted by molar-refractivity contribution is -0.119. The second-order valence-corrected chi connectivity index (χ2v) is 8.95. The number of likely N-dealkylation sites (tertiary alicyclic amines) is 1. The fourth-order valence-corrected chi connectivity index (χ4v) is 4.63. The molecule has 0 aliphatic carbocycles. The number of nitrogens with zero attached hydrogens (tertiary/aromatic N) is 3. The standard InChI is InChI=1S/C28H33N3O4/c1-21(29-35-19-9-18-30-16-7-4-8-17-30)20-25-26(22-10-5-3-6-11-22)31(27(25)32)24-14-12-23(13-15-24)28(33)34-2/h3,5-6,10-15,20,26H,4,7-9,16-19H2,1-2H3. The molecule has 184 valence electrons. The molecule has 7 nitrogen and oxygen atoms in total. The van der Waals surface area contributed by atoms with Gasteiger partial charge in [-0.25, -0.2) is 4.79 Å². The fourth-order valence-electron chi connectivity index (χ4n) is 4.63. The van der Waals surface area contributed by atoms with Crippen molar-refractivity contribution in [3.63, 3.8) is 0 Å². The molecule has 0 aromatic heterocycles. The number of hydrogen-bond acceptors (Lipinski definition) is 6. The van der Waals surface area contributed by atoms with Gasteiger partial charge in [0.25, 0.3) is 5.91 Å². The van der Waals surface area contributed by atoms with Crippen LogP contribution in [0.3, 0.4) is 0 Å². The lowest BCUT2D eigenvalue weighted by Crippen LogP contribution is -2.49. The van der Waals surface area contributed by atoms with Gasteiger partial charge in [-0.15, -0.1) is 0 Å². The normalized spacial score (nSPS) is 20.0. The largest absolute Gasteiger partial charge is 0.465 e. The summed E-state index contributed by atoms with van der Waals surface area (Å²) < 4.78 is 4.77. The zero-order valence-corrected chi connectivity index (χ0v) is 20.5. The van der Waals surface area contributed by atoms with Crippen molar-refractivity contribution in [1.82, 2.24) is 4.90 Å². The van der Waals surface area contributed by atoms with Crippen LogP contribution in [0.25, 0.3) is 0 Å². The second kappa shape index (κ2) is 11.8. The summed E-state index contributed by atoms with van der Waals surface area (Å²) in [4.78, 5) is 34.7. The van der Waals surface area contributed by atoms with Crippen LogP contribution in [-0.2, 0) is 14.4 Å². The molecule has 1 atom stereocenters. The quantitative estimate of drug-likeness (QED) is 0.131. The van der Waals surface area contributed by atoms with Crippen molar-refractivity contribution < 1.29 is 19.2 Å². The number of hydrogen-bond donors (Lipinski definition) is 0. The first-order valence-electron chi connectivity index (χ1n) is 12.3. The first-order valence-corrected chi connectivity index (χ1v) is 12.3. The van der Waals surface area contributed by atoms with Gasteiger partial charge < -0.3 is 14.5 Å². The molecule has 7 heteroatoms. The van der Waals surface area contributed by atoms with Crippen molar-refractivity contribution in [3.05, 3.63) is 77.4 Å². The molecule has 0 saturated carbocycles. The van der Waals surface area contributed by atoms with Gasteiger partial charge in [0.05, 0.1) is 24.4 Å². The predicted octanol–water partition coefficient (Wildman–Crippen LogP) is 4.76. The number of amides is 1. The maximum atomic E-state index is 13.2. The van der Waals surface area contributed by atoms with Gasteiger partial charge in [0.1, 0.15) is 6.61 Å². The monoisotopic (exact) mass is 475 g/mol. The van der Waals surface area contributed by atoms with Gasteiger partial charge in [0.2, 0.25) is 0 Å². The SMILES string of the molecule is COC(=O)c1ccc(N2C(=O)C(=CC(C)=NOCCCN3CCCCC3)C2c2ccccc2)cc1. The first-order chi connectivity index (χ1) is 17.1. The maximum Gasteiger partial charge on any atom is 0.337 e. The molecule has 2 aromatic rings. The average molecular weight is 476 g/mol. The number of piperidine rings is 1. The third kappa shape index (κ3) is 5.98. The molecule has 0 N–H and O–H groups in total. The van der Waals surface area contributed by atoms with Crippen LogP contribution in [0.4, 0.5) is 5.69 Å². The van der Waals surface area contributed by atoms with E-state index in [0.717, 1.165) is 24.2 Å². The number of methoxy groups -OCH3 is 1. The Morgan fingerprint density at radius 1 is 1.06 bits per heavy atom. The van der Waals surface area contributed by atoms with Crippen molar-refractivity contribution in [2.24, 2.45) is 5.16 Å². The molecular formula is C28H33N3O4. The summed E-state index contributed by atoms with van der Waals surface area (Å²) in [5.74, 6) is -0.501. The molecule has 1 unspecified atom stereocenters. The van der Waals surface area contributed by atoms with Crippen LogP contribution in [0.5, 0.6) is 0 Å². The molecule has 0 bridgehead atoms. The Morgan fingerprint density at radius 2 is 1.77 bits per heavy atom. The number of carbonyl (C=O) groups is 2. The highest BCUT2D eigenvalue weighted by molar-refractivity contribution is 6.18. The van der Waals surface area contributed by atoms with E-state index in [1.165, 1.54) is 39.5 Å². The van der Waals surface area contributed by atoms with E-state index >= 15 is 0 Å². The molecule has 0 radical (unpaired) electrons. The number of ether oxygens (including phenoxy) is 1. The summed E-state index contributed by atoms with van der Waals surface area (Å²) in [6.07, 6.45) is 6.66. The van der Waals surface area contributed by atoms with Crippen molar-refractivity contribution in [2.75, 3.05) is 38.3 Å². The molecule has 4 rings (SSSR count).